The molecule has 53 heavy (non-hydrogen) atoms. The number of benzene rings is 3. The van der Waals surface area contributed by atoms with Crippen molar-refractivity contribution in [1.82, 2.24) is 34.6 Å². The molecule has 0 bridgehead atoms. The van der Waals surface area contributed by atoms with E-state index in [1.165, 1.54) is 0 Å². The number of fused-ring (bicyclic) bond motifs is 2. The van der Waals surface area contributed by atoms with Crippen LogP contribution in [0.25, 0.3) is 34.1 Å². The third-order valence-corrected chi connectivity index (χ3v) is 10.2. The average molecular weight is 770 g/mol. The van der Waals surface area contributed by atoms with Crippen LogP contribution in [0.1, 0.15) is 51.4 Å². The number of halogens is 1. The summed E-state index contributed by atoms with van der Waals surface area (Å²) in [6.07, 6.45) is 6.13. The number of aryl methyl sites for hydroxylation is 1. The number of nitrogens with one attached hydrogen (secondary N) is 1. The van der Waals surface area contributed by atoms with Gasteiger partial charge in [-0.25, -0.2) is 19.6 Å². The minimum atomic E-state index is -0.623. The maximum atomic E-state index is 13.9. The molecule has 12 nitrogen and oxygen atoms in total. The van der Waals surface area contributed by atoms with E-state index >= 15 is 0 Å². The van der Waals surface area contributed by atoms with E-state index in [2.05, 4.69) is 43.5 Å². The van der Waals surface area contributed by atoms with Gasteiger partial charge in [-0.15, -0.1) is 0 Å². The standard InChI is InChI=1S/C40H33BrN8O4/c41-31-22-34(53-23-24-6-2-1-3-7-24)30(40-51-18-19-52-40)21-29(31)39(50)46-32-12-9-25-20-26(10-11-27(25)32)49-37(28-8-4-15-43-36(28)42)45-33-13-14-35(47-38(33)49)48-17-5-16-44-48/h1-8,10-11,13-17,20-22,32,40H,9,12,18-19,23H2,(H2,42,43)(H,46,50)/t32-/m0/s1. The molecule has 2 aliphatic rings. The second-order valence-corrected chi connectivity index (χ2v) is 13.7. The third-order valence-electron chi connectivity index (χ3n) is 9.53. The third kappa shape index (κ3) is 6.32. The molecule has 0 saturated carbocycles. The number of ether oxygens (including phenoxy) is 3. The van der Waals surface area contributed by atoms with Gasteiger partial charge in [-0.2, -0.15) is 5.10 Å². The van der Waals surface area contributed by atoms with Crippen LogP contribution >= 0.6 is 15.9 Å². The highest BCUT2D eigenvalue weighted by atomic mass is 79.9. The molecule has 7 aromatic rings. The molecule has 1 aliphatic carbocycles. The van der Waals surface area contributed by atoms with E-state index in [1.54, 1.807) is 23.1 Å². The first kappa shape index (κ1) is 33.0. The van der Waals surface area contributed by atoms with E-state index in [0.717, 1.165) is 35.2 Å². The number of amides is 1. The lowest BCUT2D eigenvalue weighted by molar-refractivity contribution is -0.0459. The summed E-state index contributed by atoms with van der Waals surface area (Å²) in [6, 6.07) is 29.0. The van der Waals surface area contributed by atoms with E-state index < -0.39 is 6.29 Å². The van der Waals surface area contributed by atoms with Crippen LogP contribution in [0.3, 0.4) is 0 Å². The molecule has 0 radical (unpaired) electrons. The molecule has 1 atom stereocenters. The summed E-state index contributed by atoms with van der Waals surface area (Å²) in [7, 11) is 0. The molecule has 3 aromatic carbocycles. The molecule has 3 N–H and O–H groups in total. The lowest BCUT2D eigenvalue weighted by atomic mass is 10.0. The van der Waals surface area contributed by atoms with Crippen molar-refractivity contribution in [1.29, 1.82) is 0 Å². The molecule has 1 saturated heterocycles. The highest BCUT2D eigenvalue weighted by Gasteiger charge is 2.29. The van der Waals surface area contributed by atoms with Gasteiger partial charge in [0.25, 0.3) is 5.91 Å². The molecule has 9 rings (SSSR count). The summed E-state index contributed by atoms with van der Waals surface area (Å²) >= 11 is 3.64. The highest BCUT2D eigenvalue weighted by Crippen LogP contribution is 2.39. The number of hydrogen-bond acceptors (Lipinski definition) is 9. The van der Waals surface area contributed by atoms with Crippen molar-refractivity contribution in [2.24, 2.45) is 0 Å². The Morgan fingerprint density at radius 2 is 1.81 bits per heavy atom. The van der Waals surface area contributed by atoms with Crippen LogP contribution < -0.4 is 15.8 Å². The minimum Gasteiger partial charge on any atom is -0.488 e. The van der Waals surface area contributed by atoms with Crippen LogP contribution in [0.4, 0.5) is 5.82 Å². The van der Waals surface area contributed by atoms with Crippen LogP contribution in [0.15, 0.2) is 114 Å². The average Bonchev–Trinajstić information content (AvgIpc) is 4.02. The Morgan fingerprint density at radius 1 is 0.943 bits per heavy atom. The monoisotopic (exact) mass is 768 g/mol. The Morgan fingerprint density at radius 3 is 2.62 bits per heavy atom. The second-order valence-electron chi connectivity index (χ2n) is 12.8. The van der Waals surface area contributed by atoms with Crippen LogP contribution in [0.5, 0.6) is 5.75 Å². The number of carbonyl (C=O) groups is 1. The van der Waals surface area contributed by atoms with Crippen LogP contribution in [-0.4, -0.2) is 48.4 Å². The number of nitrogen functional groups attached to an aromatic ring is 1. The summed E-state index contributed by atoms with van der Waals surface area (Å²) in [4.78, 5) is 28.2. The van der Waals surface area contributed by atoms with Gasteiger partial charge in [0.2, 0.25) is 0 Å². The quantitative estimate of drug-likeness (QED) is 0.158. The van der Waals surface area contributed by atoms with Crippen LogP contribution in [0.2, 0.25) is 0 Å². The molecule has 0 unspecified atom stereocenters. The molecular formula is C40H33BrN8O4. The molecule has 264 valence electrons. The van der Waals surface area contributed by atoms with E-state index in [9.17, 15) is 4.79 Å². The van der Waals surface area contributed by atoms with Gasteiger partial charge in [0.15, 0.2) is 23.6 Å². The lowest BCUT2D eigenvalue weighted by Gasteiger charge is -2.20. The van der Waals surface area contributed by atoms with Gasteiger partial charge in [0.05, 0.1) is 35.9 Å². The Bertz CT molecular complexity index is 2460. The maximum Gasteiger partial charge on any atom is 0.252 e. The number of hydrogen-bond donors (Lipinski definition) is 2. The molecule has 1 aliphatic heterocycles. The molecular weight excluding hydrogens is 736 g/mol. The first-order valence-corrected chi connectivity index (χ1v) is 18.1. The van der Waals surface area contributed by atoms with Gasteiger partial charge in [-0.3, -0.25) is 9.36 Å². The van der Waals surface area contributed by atoms with Gasteiger partial charge in [-0.05, 0) is 100 Å². The van der Waals surface area contributed by atoms with Crippen molar-refractivity contribution in [3.63, 3.8) is 0 Å². The highest BCUT2D eigenvalue weighted by molar-refractivity contribution is 9.10. The normalized spacial score (nSPS) is 15.5. The first-order valence-electron chi connectivity index (χ1n) is 17.3. The predicted octanol–water partition coefficient (Wildman–Crippen LogP) is 7.05. The fourth-order valence-electron chi connectivity index (χ4n) is 6.97. The summed E-state index contributed by atoms with van der Waals surface area (Å²) in [5, 5.41) is 7.65. The zero-order valence-corrected chi connectivity index (χ0v) is 29.9. The number of nitrogens with two attached hydrogens (primary N) is 1. The largest absolute Gasteiger partial charge is 0.488 e. The zero-order valence-electron chi connectivity index (χ0n) is 28.4. The topological polar surface area (TPSA) is 144 Å². The number of carbonyl (C=O) groups excluding carboxylic acids is 1. The van der Waals surface area contributed by atoms with Crippen molar-refractivity contribution in [2.45, 2.75) is 31.8 Å². The van der Waals surface area contributed by atoms with E-state index in [0.29, 0.717) is 75.4 Å². The smallest absolute Gasteiger partial charge is 0.252 e. The number of anilines is 1. The van der Waals surface area contributed by atoms with E-state index in [4.69, 9.17) is 29.9 Å². The summed E-state index contributed by atoms with van der Waals surface area (Å²) < 4.78 is 22.3. The van der Waals surface area contributed by atoms with E-state index in [1.807, 2.05) is 83.6 Å². The SMILES string of the molecule is Nc1ncccc1-c1nc2ccc(-n3cccn3)nc2n1-c1ccc2c(c1)CC[C@@H]2NC(=O)c1cc(C2OCCO2)c(OCc2ccccc2)cc1Br. The van der Waals surface area contributed by atoms with Crippen LogP contribution in [-0.2, 0) is 22.5 Å². The Kier molecular flexibility index (Phi) is 8.66. The van der Waals surface area contributed by atoms with Gasteiger partial charge >= 0.3 is 0 Å². The second kappa shape index (κ2) is 13.9. The number of nitrogens with zero attached hydrogens (tertiary/aromatic N) is 6. The Labute approximate surface area is 312 Å². The number of rotatable bonds is 9. The number of pyridine rings is 2. The van der Waals surface area contributed by atoms with Gasteiger partial charge in [-0.1, -0.05) is 36.4 Å². The molecule has 1 fully saturated rings. The number of aromatic nitrogens is 6. The fourth-order valence-corrected chi connectivity index (χ4v) is 7.47. The van der Waals surface area contributed by atoms with Gasteiger partial charge in [0.1, 0.15) is 23.7 Å². The van der Waals surface area contributed by atoms with Crippen molar-refractivity contribution in [2.75, 3.05) is 18.9 Å². The molecule has 0 spiro atoms. The fraction of sp³-hybridized carbons (Fsp3) is 0.175. The summed E-state index contributed by atoms with van der Waals surface area (Å²) in [5.74, 6) is 2.04. The molecule has 5 heterocycles. The van der Waals surface area contributed by atoms with E-state index in [-0.39, 0.29) is 11.9 Å². The maximum absolute atomic E-state index is 13.9. The summed E-state index contributed by atoms with van der Waals surface area (Å²) in [6.45, 7) is 1.30. The number of imidazole rings is 1. The minimum absolute atomic E-state index is 0.188. The van der Waals surface area contributed by atoms with Crippen molar-refractivity contribution in [3.8, 4) is 28.6 Å². The predicted molar refractivity (Wildman–Crippen MR) is 202 cm³/mol. The van der Waals surface area contributed by atoms with Crippen molar-refractivity contribution < 1.29 is 19.0 Å². The zero-order chi connectivity index (χ0) is 35.9. The molecule has 1 amide bonds. The first-order chi connectivity index (χ1) is 26.0. The summed E-state index contributed by atoms with van der Waals surface area (Å²) in [5.41, 5.74) is 13.7. The Hall–Kier alpha value is -5.89. The van der Waals surface area contributed by atoms with Crippen LogP contribution in [0, 0.1) is 0 Å². The van der Waals surface area contributed by atoms with Gasteiger partial charge < -0.3 is 25.3 Å². The molecule has 4 aromatic heterocycles. The Balaban J connectivity index is 1.02. The van der Waals surface area contributed by atoms with Crippen molar-refractivity contribution >= 4 is 38.8 Å². The van der Waals surface area contributed by atoms with Gasteiger partial charge in [0, 0.05) is 28.8 Å². The lowest BCUT2D eigenvalue weighted by Crippen LogP contribution is -2.27. The van der Waals surface area contributed by atoms with Crippen molar-refractivity contribution in [3.05, 3.63) is 142 Å². The molecule has 13 heteroatoms.